The molecule has 0 radical (unpaired) electrons. The third-order valence-electron chi connectivity index (χ3n) is 3.31. The molecule has 1 aliphatic heterocycles. The maximum Gasteiger partial charge on any atom is 0.239 e. The van der Waals surface area contributed by atoms with E-state index in [2.05, 4.69) is 10.6 Å². The lowest BCUT2D eigenvalue weighted by atomic mass is 10.1. The lowest BCUT2D eigenvalue weighted by Gasteiger charge is -2.29. The molecule has 1 aromatic rings. The van der Waals surface area contributed by atoms with Crippen molar-refractivity contribution in [2.24, 2.45) is 0 Å². The van der Waals surface area contributed by atoms with E-state index < -0.39 is 0 Å². The molecule has 2 N–H and O–H groups in total. The van der Waals surface area contributed by atoms with Crippen LogP contribution in [-0.4, -0.2) is 37.7 Å². The standard InChI is InChI=1S/C14H18ClFN2O2/c1-9-13(17-6-7-20-9)14(19)18-5-4-10-2-3-11(16)8-12(10)15/h2-3,8-9,13,17H,4-7H2,1H3,(H,18,19)/t9-,13+/m1/s1. The van der Waals surface area contributed by atoms with E-state index in [1.54, 1.807) is 6.07 Å². The lowest BCUT2D eigenvalue weighted by molar-refractivity contribution is -0.128. The molecule has 0 bridgehead atoms. The minimum Gasteiger partial charge on any atom is -0.375 e. The van der Waals surface area contributed by atoms with Crippen molar-refractivity contribution in [1.29, 1.82) is 0 Å². The number of rotatable bonds is 4. The van der Waals surface area contributed by atoms with Crippen molar-refractivity contribution in [1.82, 2.24) is 10.6 Å². The Balaban J connectivity index is 1.81. The van der Waals surface area contributed by atoms with Gasteiger partial charge < -0.3 is 15.4 Å². The van der Waals surface area contributed by atoms with Crippen molar-refractivity contribution >= 4 is 17.5 Å². The van der Waals surface area contributed by atoms with Gasteiger partial charge in [-0.2, -0.15) is 0 Å². The molecule has 2 atom stereocenters. The second kappa shape index (κ2) is 7.02. The van der Waals surface area contributed by atoms with Crippen LogP contribution in [0.25, 0.3) is 0 Å². The molecule has 0 spiro atoms. The molecule has 2 rings (SSSR count). The summed E-state index contributed by atoms with van der Waals surface area (Å²) in [6.07, 6.45) is 0.422. The van der Waals surface area contributed by atoms with E-state index in [9.17, 15) is 9.18 Å². The van der Waals surface area contributed by atoms with Crippen LogP contribution in [-0.2, 0) is 16.0 Å². The summed E-state index contributed by atoms with van der Waals surface area (Å²) in [5.74, 6) is -0.449. The van der Waals surface area contributed by atoms with E-state index in [1.165, 1.54) is 12.1 Å². The first-order valence-corrected chi connectivity index (χ1v) is 7.02. The number of nitrogens with one attached hydrogen (secondary N) is 2. The van der Waals surface area contributed by atoms with Gasteiger partial charge in [-0.1, -0.05) is 17.7 Å². The Morgan fingerprint density at radius 1 is 1.60 bits per heavy atom. The average molecular weight is 301 g/mol. The number of morpholine rings is 1. The molecule has 0 unspecified atom stereocenters. The summed E-state index contributed by atoms with van der Waals surface area (Å²) in [6, 6.07) is 3.94. The van der Waals surface area contributed by atoms with Crippen molar-refractivity contribution in [2.75, 3.05) is 19.7 Å². The first-order valence-electron chi connectivity index (χ1n) is 6.64. The van der Waals surface area contributed by atoms with Gasteiger partial charge in [0.25, 0.3) is 0 Å². The number of hydrogen-bond donors (Lipinski definition) is 2. The van der Waals surface area contributed by atoms with E-state index >= 15 is 0 Å². The van der Waals surface area contributed by atoms with Gasteiger partial charge in [0.15, 0.2) is 0 Å². The van der Waals surface area contributed by atoms with Crippen LogP contribution in [0.5, 0.6) is 0 Å². The Hall–Kier alpha value is -1.17. The predicted molar refractivity (Wildman–Crippen MR) is 75.3 cm³/mol. The minimum absolute atomic E-state index is 0.0876. The molecule has 6 heteroatoms. The number of hydrogen-bond acceptors (Lipinski definition) is 3. The van der Waals surface area contributed by atoms with Crippen molar-refractivity contribution in [3.8, 4) is 0 Å². The maximum absolute atomic E-state index is 12.9. The zero-order valence-electron chi connectivity index (χ0n) is 11.3. The highest BCUT2D eigenvalue weighted by molar-refractivity contribution is 6.31. The summed E-state index contributed by atoms with van der Waals surface area (Å²) >= 11 is 5.93. The van der Waals surface area contributed by atoms with E-state index in [-0.39, 0.29) is 23.9 Å². The SMILES string of the molecule is C[C@H]1OCCN[C@@H]1C(=O)NCCc1ccc(F)cc1Cl. The quantitative estimate of drug-likeness (QED) is 0.886. The topological polar surface area (TPSA) is 50.4 Å². The Kier molecular flexibility index (Phi) is 5.34. The fourth-order valence-electron chi connectivity index (χ4n) is 2.18. The van der Waals surface area contributed by atoms with E-state index in [4.69, 9.17) is 16.3 Å². The first kappa shape index (κ1) is 15.2. The molecule has 0 aliphatic carbocycles. The normalized spacial score (nSPS) is 22.6. The van der Waals surface area contributed by atoms with Gasteiger partial charge >= 0.3 is 0 Å². The van der Waals surface area contributed by atoms with Crippen LogP contribution in [0.2, 0.25) is 5.02 Å². The maximum atomic E-state index is 12.9. The number of carbonyl (C=O) groups excluding carboxylic acids is 1. The summed E-state index contributed by atoms with van der Waals surface area (Å²) < 4.78 is 18.3. The highest BCUT2D eigenvalue weighted by Crippen LogP contribution is 2.17. The molecule has 1 saturated heterocycles. The van der Waals surface area contributed by atoms with Gasteiger partial charge in [0.1, 0.15) is 11.9 Å². The molecule has 1 heterocycles. The third kappa shape index (κ3) is 3.91. The van der Waals surface area contributed by atoms with Gasteiger partial charge in [-0.3, -0.25) is 4.79 Å². The van der Waals surface area contributed by atoms with Crippen LogP contribution in [0.4, 0.5) is 4.39 Å². The Labute approximate surface area is 122 Å². The molecule has 110 valence electrons. The fourth-order valence-corrected chi connectivity index (χ4v) is 2.44. The van der Waals surface area contributed by atoms with Crippen LogP contribution in [0, 0.1) is 5.82 Å². The van der Waals surface area contributed by atoms with Crippen LogP contribution < -0.4 is 10.6 Å². The fraction of sp³-hybridized carbons (Fsp3) is 0.500. The number of carbonyl (C=O) groups is 1. The van der Waals surface area contributed by atoms with Crippen LogP contribution >= 0.6 is 11.6 Å². The largest absolute Gasteiger partial charge is 0.375 e. The predicted octanol–water partition coefficient (Wildman–Crippen LogP) is 1.51. The summed E-state index contributed by atoms with van der Waals surface area (Å²) in [5, 5.41) is 6.34. The molecule has 20 heavy (non-hydrogen) atoms. The van der Waals surface area contributed by atoms with Gasteiger partial charge in [-0.15, -0.1) is 0 Å². The highest BCUT2D eigenvalue weighted by atomic mass is 35.5. The van der Waals surface area contributed by atoms with Gasteiger partial charge in [0.05, 0.1) is 12.7 Å². The zero-order chi connectivity index (χ0) is 14.5. The molecule has 0 aromatic heterocycles. The van der Waals surface area contributed by atoms with E-state index in [1.807, 2.05) is 6.92 Å². The Bertz CT molecular complexity index is 484. The molecular formula is C14H18ClFN2O2. The minimum atomic E-state index is -0.361. The summed E-state index contributed by atoms with van der Waals surface area (Å²) in [5.41, 5.74) is 0.814. The number of ether oxygens (including phenoxy) is 1. The van der Waals surface area contributed by atoms with Gasteiger partial charge in [-0.05, 0) is 31.0 Å². The molecular weight excluding hydrogens is 283 g/mol. The Morgan fingerprint density at radius 2 is 2.40 bits per heavy atom. The summed E-state index contributed by atoms with van der Waals surface area (Å²) in [4.78, 5) is 12.0. The second-order valence-electron chi connectivity index (χ2n) is 4.78. The highest BCUT2D eigenvalue weighted by Gasteiger charge is 2.27. The second-order valence-corrected chi connectivity index (χ2v) is 5.19. The van der Waals surface area contributed by atoms with Crippen LogP contribution in [0.1, 0.15) is 12.5 Å². The van der Waals surface area contributed by atoms with Gasteiger partial charge in [0, 0.05) is 18.1 Å². The number of amides is 1. The molecule has 1 aliphatic rings. The summed E-state index contributed by atoms with van der Waals surface area (Å²) in [6.45, 7) is 3.62. The molecule has 1 amide bonds. The van der Waals surface area contributed by atoms with E-state index in [0.29, 0.717) is 31.1 Å². The lowest BCUT2D eigenvalue weighted by Crippen LogP contribution is -2.55. The Morgan fingerprint density at radius 3 is 3.10 bits per heavy atom. The average Bonchev–Trinajstić information content (AvgIpc) is 2.41. The van der Waals surface area contributed by atoms with Gasteiger partial charge in [0.2, 0.25) is 5.91 Å². The molecule has 1 fully saturated rings. The van der Waals surface area contributed by atoms with Crippen LogP contribution in [0.15, 0.2) is 18.2 Å². The monoisotopic (exact) mass is 300 g/mol. The smallest absolute Gasteiger partial charge is 0.239 e. The van der Waals surface area contributed by atoms with E-state index in [0.717, 1.165) is 5.56 Å². The van der Waals surface area contributed by atoms with Crippen molar-refractivity contribution < 1.29 is 13.9 Å². The number of benzene rings is 1. The van der Waals surface area contributed by atoms with Crippen molar-refractivity contribution in [3.05, 3.63) is 34.6 Å². The third-order valence-corrected chi connectivity index (χ3v) is 3.66. The van der Waals surface area contributed by atoms with Crippen LogP contribution in [0.3, 0.4) is 0 Å². The molecule has 1 aromatic carbocycles. The van der Waals surface area contributed by atoms with Crippen molar-refractivity contribution in [2.45, 2.75) is 25.5 Å². The zero-order valence-corrected chi connectivity index (χ0v) is 12.0. The van der Waals surface area contributed by atoms with Gasteiger partial charge in [-0.25, -0.2) is 4.39 Å². The van der Waals surface area contributed by atoms with Crippen molar-refractivity contribution in [3.63, 3.8) is 0 Å². The molecule has 4 nitrogen and oxygen atoms in total. The number of halogens is 2. The first-order chi connectivity index (χ1) is 9.58. The summed E-state index contributed by atoms with van der Waals surface area (Å²) in [7, 11) is 0. The molecule has 0 saturated carbocycles.